The molecule has 140 valence electrons. The van der Waals surface area contributed by atoms with E-state index in [0.717, 1.165) is 32.6 Å². The minimum atomic E-state index is -0.448. The maximum Gasteiger partial charge on any atom is 0.0900 e. The van der Waals surface area contributed by atoms with Crippen LogP contribution >= 0.6 is 0 Å². The fraction of sp³-hybridized carbons (Fsp3) is 0.455. The Morgan fingerprint density at radius 3 is 2.15 bits per heavy atom. The minimum Gasteiger partial charge on any atom is -0.389 e. The highest BCUT2D eigenvalue weighted by Crippen LogP contribution is 2.21. The Bertz CT molecular complexity index is 627. The van der Waals surface area contributed by atoms with Gasteiger partial charge in [-0.05, 0) is 24.1 Å². The highest BCUT2D eigenvalue weighted by Gasteiger charge is 2.20. The first kappa shape index (κ1) is 18.9. The Balaban J connectivity index is 1.41. The first-order valence-corrected chi connectivity index (χ1v) is 9.63. The van der Waals surface area contributed by atoms with Crippen LogP contribution in [0.3, 0.4) is 0 Å². The van der Waals surface area contributed by atoms with Gasteiger partial charge in [-0.2, -0.15) is 0 Å². The zero-order valence-corrected chi connectivity index (χ0v) is 15.6. The van der Waals surface area contributed by atoms with Gasteiger partial charge in [-0.1, -0.05) is 55.5 Å². The molecular formula is C22H30N2O2. The molecule has 2 aromatic rings. The van der Waals surface area contributed by atoms with Crippen molar-refractivity contribution in [3.05, 3.63) is 66.2 Å². The number of hydrogen-bond acceptors (Lipinski definition) is 4. The van der Waals surface area contributed by atoms with Gasteiger partial charge in [0.05, 0.1) is 18.8 Å². The molecule has 0 saturated carbocycles. The number of nitrogens with zero attached hydrogens (tertiary/aromatic N) is 2. The van der Waals surface area contributed by atoms with Gasteiger partial charge in [-0.15, -0.1) is 0 Å². The summed E-state index contributed by atoms with van der Waals surface area (Å²) in [5.41, 5.74) is 2.46. The van der Waals surface area contributed by atoms with E-state index in [2.05, 4.69) is 59.2 Å². The van der Waals surface area contributed by atoms with Crippen LogP contribution in [0.2, 0.25) is 0 Å². The van der Waals surface area contributed by atoms with E-state index < -0.39 is 6.10 Å². The third kappa shape index (κ3) is 5.31. The van der Waals surface area contributed by atoms with Gasteiger partial charge in [0.25, 0.3) is 0 Å². The smallest absolute Gasteiger partial charge is 0.0900 e. The van der Waals surface area contributed by atoms with Crippen molar-refractivity contribution < 1.29 is 9.84 Å². The molecule has 0 aromatic heterocycles. The van der Waals surface area contributed by atoms with E-state index in [4.69, 9.17) is 4.74 Å². The van der Waals surface area contributed by atoms with Gasteiger partial charge in [-0.25, -0.2) is 0 Å². The van der Waals surface area contributed by atoms with Gasteiger partial charge in [0, 0.05) is 38.4 Å². The minimum absolute atomic E-state index is 0.0563. The predicted molar refractivity (Wildman–Crippen MR) is 107 cm³/mol. The zero-order chi connectivity index (χ0) is 18.2. The Hall–Kier alpha value is -1.88. The molecule has 0 bridgehead atoms. The maximum atomic E-state index is 10.4. The highest BCUT2D eigenvalue weighted by atomic mass is 16.5. The molecule has 0 unspecified atom stereocenters. The van der Waals surface area contributed by atoms with Crippen molar-refractivity contribution in [2.75, 3.05) is 44.2 Å². The number of aliphatic hydroxyl groups is 1. The van der Waals surface area contributed by atoms with Crippen LogP contribution in [-0.2, 0) is 4.74 Å². The summed E-state index contributed by atoms with van der Waals surface area (Å²) in [5, 5.41) is 10.4. The SMILES string of the molecule is CC[C@@H](OC[C@H](O)CN1CCN(c2ccccc2)CC1)c1ccccc1. The molecule has 4 nitrogen and oxygen atoms in total. The van der Waals surface area contributed by atoms with E-state index in [1.165, 1.54) is 11.3 Å². The van der Waals surface area contributed by atoms with Crippen LogP contribution in [0.15, 0.2) is 60.7 Å². The topological polar surface area (TPSA) is 35.9 Å². The van der Waals surface area contributed by atoms with Gasteiger partial charge in [0.1, 0.15) is 0 Å². The summed E-state index contributed by atoms with van der Waals surface area (Å²) in [4.78, 5) is 4.73. The molecule has 1 aliphatic rings. The molecule has 1 N–H and O–H groups in total. The van der Waals surface area contributed by atoms with Gasteiger partial charge in [-0.3, -0.25) is 4.90 Å². The van der Waals surface area contributed by atoms with E-state index in [9.17, 15) is 5.11 Å². The van der Waals surface area contributed by atoms with Crippen LogP contribution in [0.1, 0.15) is 25.0 Å². The predicted octanol–water partition coefficient (Wildman–Crippen LogP) is 3.34. The first-order chi connectivity index (χ1) is 12.8. The Labute approximate surface area is 157 Å². The lowest BCUT2D eigenvalue weighted by Gasteiger charge is -2.37. The normalized spacial score (nSPS) is 17.8. The number of ether oxygens (including phenoxy) is 1. The lowest BCUT2D eigenvalue weighted by Crippen LogP contribution is -2.49. The monoisotopic (exact) mass is 354 g/mol. The molecule has 2 atom stereocenters. The van der Waals surface area contributed by atoms with Crippen LogP contribution in [0, 0.1) is 0 Å². The molecule has 2 aromatic carbocycles. The molecule has 0 radical (unpaired) electrons. The number of para-hydroxylation sites is 1. The summed E-state index contributed by atoms with van der Waals surface area (Å²) in [5.74, 6) is 0. The van der Waals surface area contributed by atoms with Crippen molar-refractivity contribution in [3.63, 3.8) is 0 Å². The summed E-state index contributed by atoms with van der Waals surface area (Å²) in [6.07, 6.45) is 0.517. The molecule has 3 rings (SSSR count). The first-order valence-electron chi connectivity index (χ1n) is 9.63. The van der Waals surface area contributed by atoms with Gasteiger partial charge in [0.2, 0.25) is 0 Å². The van der Waals surface area contributed by atoms with Crippen molar-refractivity contribution in [2.24, 2.45) is 0 Å². The van der Waals surface area contributed by atoms with Crippen LogP contribution in [0.25, 0.3) is 0 Å². The largest absolute Gasteiger partial charge is 0.389 e. The molecule has 4 heteroatoms. The summed E-state index contributed by atoms with van der Waals surface area (Å²) in [6, 6.07) is 20.8. The molecule has 1 saturated heterocycles. The summed E-state index contributed by atoms with van der Waals surface area (Å²) in [6.45, 7) is 7.12. The van der Waals surface area contributed by atoms with E-state index in [1.807, 2.05) is 18.2 Å². The number of β-amino-alcohol motifs (C(OH)–C–C–N with tert-alkyl or cyclic N) is 1. The summed E-state index contributed by atoms with van der Waals surface area (Å²) >= 11 is 0. The third-order valence-corrected chi connectivity index (χ3v) is 4.99. The highest BCUT2D eigenvalue weighted by molar-refractivity contribution is 5.46. The number of aliphatic hydroxyl groups excluding tert-OH is 1. The molecule has 26 heavy (non-hydrogen) atoms. The molecule has 0 amide bonds. The number of benzene rings is 2. The second-order valence-corrected chi connectivity index (χ2v) is 6.92. The molecule has 1 aliphatic heterocycles. The summed E-state index contributed by atoms with van der Waals surface area (Å²) in [7, 11) is 0. The van der Waals surface area contributed by atoms with Crippen molar-refractivity contribution >= 4 is 5.69 Å². The van der Waals surface area contributed by atoms with Gasteiger partial charge < -0.3 is 14.7 Å². The fourth-order valence-electron chi connectivity index (χ4n) is 3.52. The van der Waals surface area contributed by atoms with Crippen LogP contribution in [0.5, 0.6) is 0 Å². The molecule has 1 fully saturated rings. The van der Waals surface area contributed by atoms with E-state index in [1.54, 1.807) is 0 Å². The Morgan fingerprint density at radius 2 is 1.54 bits per heavy atom. The van der Waals surface area contributed by atoms with Crippen LogP contribution < -0.4 is 4.90 Å². The average molecular weight is 354 g/mol. The summed E-state index contributed by atoms with van der Waals surface area (Å²) < 4.78 is 5.98. The third-order valence-electron chi connectivity index (χ3n) is 4.99. The van der Waals surface area contributed by atoms with Gasteiger partial charge >= 0.3 is 0 Å². The lowest BCUT2D eigenvalue weighted by molar-refractivity contribution is -0.0240. The zero-order valence-electron chi connectivity index (χ0n) is 15.6. The van der Waals surface area contributed by atoms with Crippen LogP contribution in [-0.4, -0.2) is 55.4 Å². The molecule has 1 heterocycles. The van der Waals surface area contributed by atoms with E-state index in [0.29, 0.717) is 13.2 Å². The fourth-order valence-corrected chi connectivity index (χ4v) is 3.52. The number of hydrogen-bond donors (Lipinski definition) is 1. The number of anilines is 1. The quantitative estimate of drug-likeness (QED) is 0.789. The Kier molecular flexibility index (Phi) is 7.06. The van der Waals surface area contributed by atoms with E-state index >= 15 is 0 Å². The standard InChI is InChI=1S/C22H30N2O2/c1-2-22(19-9-5-3-6-10-19)26-18-21(25)17-23-13-15-24(16-14-23)20-11-7-4-8-12-20/h3-12,21-22,25H,2,13-18H2,1H3/t21-,22-/m1/s1. The van der Waals surface area contributed by atoms with Crippen molar-refractivity contribution in [1.82, 2.24) is 4.90 Å². The molecule has 0 spiro atoms. The average Bonchev–Trinajstić information content (AvgIpc) is 2.70. The molecule has 0 aliphatic carbocycles. The van der Waals surface area contributed by atoms with Crippen molar-refractivity contribution in [3.8, 4) is 0 Å². The van der Waals surface area contributed by atoms with E-state index in [-0.39, 0.29) is 6.10 Å². The maximum absolute atomic E-state index is 10.4. The Morgan fingerprint density at radius 1 is 0.923 bits per heavy atom. The second kappa shape index (κ2) is 9.72. The second-order valence-electron chi connectivity index (χ2n) is 6.92. The van der Waals surface area contributed by atoms with Crippen molar-refractivity contribution in [1.29, 1.82) is 0 Å². The van der Waals surface area contributed by atoms with Crippen LogP contribution in [0.4, 0.5) is 5.69 Å². The lowest BCUT2D eigenvalue weighted by atomic mass is 10.1. The van der Waals surface area contributed by atoms with Crippen molar-refractivity contribution in [2.45, 2.75) is 25.6 Å². The number of piperazine rings is 1. The molecular weight excluding hydrogens is 324 g/mol. The van der Waals surface area contributed by atoms with Gasteiger partial charge in [0.15, 0.2) is 0 Å². The number of rotatable bonds is 8.